The molecule has 1 rings (SSSR count). The smallest absolute Gasteiger partial charge is 0.325 e. The second-order valence-corrected chi connectivity index (χ2v) is 3.85. The maximum atomic E-state index is 13.3. The molecule has 0 saturated carbocycles. The number of halogens is 2. The number of carbonyl (C=O) groups is 1. The van der Waals surface area contributed by atoms with E-state index in [0.717, 1.165) is 12.1 Å². The van der Waals surface area contributed by atoms with Gasteiger partial charge in [0.15, 0.2) is 0 Å². The molecule has 0 N–H and O–H groups in total. The second-order valence-electron chi connectivity index (χ2n) is 3.44. The largest absolute Gasteiger partial charge is 0.468 e. The molecule has 98 valence electrons. The summed E-state index contributed by atoms with van der Waals surface area (Å²) in [6.45, 7) is -0.238. The zero-order valence-electron chi connectivity index (χ0n) is 9.65. The third-order valence-electron chi connectivity index (χ3n) is 2.22. The maximum Gasteiger partial charge on any atom is 0.325 e. The van der Waals surface area contributed by atoms with Gasteiger partial charge in [0.2, 0.25) is 0 Å². The van der Waals surface area contributed by atoms with E-state index in [0.29, 0.717) is 0 Å². The number of methoxy groups -OCH3 is 1. The summed E-state index contributed by atoms with van der Waals surface area (Å²) in [7, 11) is 2.60. The van der Waals surface area contributed by atoms with Crippen molar-refractivity contribution < 1.29 is 18.8 Å². The molecule has 0 aromatic heterocycles. The number of nitro benzene ring substituents is 1. The van der Waals surface area contributed by atoms with E-state index in [9.17, 15) is 19.3 Å². The van der Waals surface area contributed by atoms with Crippen LogP contribution >= 0.6 is 11.6 Å². The quantitative estimate of drug-likeness (QED) is 0.478. The number of nitro groups is 1. The molecule has 0 aliphatic carbocycles. The molecule has 0 spiro atoms. The molecule has 8 heteroatoms. The second kappa shape index (κ2) is 5.63. The molecule has 0 aliphatic heterocycles. The molecule has 0 bridgehead atoms. The van der Waals surface area contributed by atoms with Crippen LogP contribution < -0.4 is 4.90 Å². The normalized spacial score (nSPS) is 10.0. The minimum atomic E-state index is -0.797. The molecule has 18 heavy (non-hydrogen) atoms. The van der Waals surface area contributed by atoms with Crippen LogP contribution in [0.5, 0.6) is 0 Å². The van der Waals surface area contributed by atoms with E-state index in [4.69, 9.17) is 11.6 Å². The third-order valence-corrected chi connectivity index (χ3v) is 2.51. The van der Waals surface area contributed by atoms with Gasteiger partial charge in [-0.15, -0.1) is 0 Å². The highest BCUT2D eigenvalue weighted by atomic mass is 35.5. The first-order valence-corrected chi connectivity index (χ1v) is 5.16. The molecule has 0 aliphatic rings. The van der Waals surface area contributed by atoms with Crippen LogP contribution in [-0.2, 0) is 9.53 Å². The first-order chi connectivity index (χ1) is 8.36. The fraction of sp³-hybridized carbons (Fsp3) is 0.300. The van der Waals surface area contributed by atoms with Crippen molar-refractivity contribution >= 4 is 28.9 Å². The van der Waals surface area contributed by atoms with Crippen LogP contribution in [0.15, 0.2) is 12.1 Å². The number of carbonyl (C=O) groups excluding carboxylic acids is 1. The van der Waals surface area contributed by atoms with Gasteiger partial charge in [-0.2, -0.15) is 0 Å². The lowest BCUT2D eigenvalue weighted by Gasteiger charge is -2.17. The highest BCUT2D eigenvalue weighted by Crippen LogP contribution is 2.32. The summed E-state index contributed by atoms with van der Waals surface area (Å²) < 4.78 is 17.7. The minimum Gasteiger partial charge on any atom is -0.468 e. The number of benzene rings is 1. The molecular formula is C10H10ClFN2O4. The van der Waals surface area contributed by atoms with Gasteiger partial charge in [-0.3, -0.25) is 14.9 Å². The summed E-state index contributed by atoms with van der Waals surface area (Å²) in [5.74, 6) is -1.39. The first-order valence-electron chi connectivity index (χ1n) is 4.78. The van der Waals surface area contributed by atoms with Crippen LogP contribution in [-0.4, -0.2) is 31.6 Å². The Morgan fingerprint density at radius 1 is 1.61 bits per heavy atom. The summed E-state index contributed by atoms with van der Waals surface area (Å²) in [6, 6.07) is 1.81. The van der Waals surface area contributed by atoms with Crippen molar-refractivity contribution in [2.75, 3.05) is 25.6 Å². The van der Waals surface area contributed by atoms with Crippen LogP contribution in [0.25, 0.3) is 0 Å². The van der Waals surface area contributed by atoms with Gasteiger partial charge in [-0.25, -0.2) is 4.39 Å². The van der Waals surface area contributed by atoms with Gasteiger partial charge in [0.25, 0.3) is 5.69 Å². The van der Waals surface area contributed by atoms with Gasteiger partial charge < -0.3 is 9.64 Å². The van der Waals surface area contributed by atoms with Crippen molar-refractivity contribution in [3.63, 3.8) is 0 Å². The van der Waals surface area contributed by atoms with Crippen molar-refractivity contribution in [3.05, 3.63) is 33.1 Å². The van der Waals surface area contributed by atoms with E-state index < -0.39 is 16.7 Å². The number of hydrogen-bond donors (Lipinski definition) is 0. The average molecular weight is 277 g/mol. The van der Waals surface area contributed by atoms with Crippen molar-refractivity contribution in [1.29, 1.82) is 0 Å². The van der Waals surface area contributed by atoms with Crippen molar-refractivity contribution in [2.24, 2.45) is 0 Å². The topological polar surface area (TPSA) is 72.7 Å². The Labute approximate surface area is 107 Å². The summed E-state index contributed by atoms with van der Waals surface area (Å²) >= 11 is 5.48. The standard InChI is InChI=1S/C10H10ClFN2O4/c1-13(5-10(15)18-2)8-4-7(12)6(11)3-9(8)14(16)17/h3-4H,5H2,1-2H3. The lowest BCUT2D eigenvalue weighted by molar-refractivity contribution is -0.384. The number of hydrogen-bond acceptors (Lipinski definition) is 5. The summed E-state index contributed by atoms with van der Waals surface area (Å²) in [6.07, 6.45) is 0. The fourth-order valence-electron chi connectivity index (χ4n) is 1.32. The van der Waals surface area contributed by atoms with Gasteiger partial charge in [0.05, 0.1) is 17.1 Å². The SMILES string of the molecule is COC(=O)CN(C)c1cc(F)c(Cl)cc1[N+](=O)[O-]. The Morgan fingerprint density at radius 3 is 2.72 bits per heavy atom. The number of likely N-dealkylation sites (N-methyl/N-ethyl adjacent to an activating group) is 1. The van der Waals surface area contributed by atoms with Gasteiger partial charge in [0.1, 0.15) is 18.0 Å². The minimum absolute atomic E-state index is 0.0488. The zero-order valence-corrected chi connectivity index (χ0v) is 10.4. The van der Waals surface area contributed by atoms with Crippen LogP contribution in [0.2, 0.25) is 5.02 Å². The van der Waals surface area contributed by atoms with E-state index in [-0.39, 0.29) is 22.9 Å². The summed E-state index contributed by atoms with van der Waals surface area (Å²) in [4.78, 5) is 22.4. The molecule has 0 amide bonds. The molecule has 0 unspecified atom stereocenters. The summed E-state index contributed by atoms with van der Waals surface area (Å²) in [5, 5.41) is 10.5. The average Bonchev–Trinajstić information content (AvgIpc) is 2.31. The van der Waals surface area contributed by atoms with Crippen LogP contribution in [0.3, 0.4) is 0 Å². The number of esters is 1. The molecule has 6 nitrogen and oxygen atoms in total. The van der Waals surface area contributed by atoms with E-state index in [1.807, 2.05) is 0 Å². The molecular weight excluding hydrogens is 267 g/mol. The van der Waals surface area contributed by atoms with Crippen LogP contribution in [0, 0.1) is 15.9 Å². The Bertz CT molecular complexity index is 495. The molecule has 0 fully saturated rings. The Hall–Kier alpha value is -1.89. The van der Waals surface area contributed by atoms with E-state index >= 15 is 0 Å². The fourth-order valence-corrected chi connectivity index (χ4v) is 1.48. The molecule has 1 aromatic carbocycles. The number of nitrogens with zero attached hydrogens (tertiary/aromatic N) is 2. The van der Waals surface area contributed by atoms with Crippen molar-refractivity contribution in [2.45, 2.75) is 0 Å². The molecule has 1 aromatic rings. The molecule has 0 heterocycles. The first kappa shape index (κ1) is 14.2. The Balaban J connectivity index is 3.17. The van der Waals surface area contributed by atoms with Gasteiger partial charge in [0, 0.05) is 19.2 Å². The van der Waals surface area contributed by atoms with E-state index in [2.05, 4.69) is 4.74 Å². The number of rotatable bonds is 4. The van der Waals surface area contributed by atoms with E-state index in [1.54, 1.807) is 0 Å². The van der Waals surface area contributed by atoms with Crippen LogP contribution in [0.1, 0.15) is 0 Å². The number of anilines is 1. The highest BCUT2D eigenvalue weighted by Gasteiger charge is 2.22. The maximum absolute atomic E-state index is 13.3. The molecule has 0 atom stereocenters. The third kappa shape index (κ3) is 3.07. The predicted octanol–water partition coefficient (Wildman–Crippen LogP) is 2.00. The van der Waals surface area contributed by atoms with Gasteiger partial charge >= 0.3 is 5.97 Å². The lowest BCUT2D eigenvalue weighted by atomic mass is 10.2. The predicted molar refractivity (Wildman–Crippen MR) is 63.4 cm³/mol. The van der Waals surface area contributed by atoms with E-state index in [1.165, 1.54) is 19.1 Å². The molecule has 0 saturated heterocycles. The van der Waals surface area contributed by atoms with Crippen molar-refractivity contribution in [3.8, 4) is 0 Å². The van der Waals surface area contributed by atoms with Gasteiger partial charge in [-0.1, -0.05) is 11.6 Å². The van der Waals surface area contributed by atoms with Gasteiger partial charge in [-0.05, 0) is 0 Å². The molecule has 0 radical (unpaired) electrons. The van der Waals surface area contributed by atoms with Crippen LogP contribution in [0.4, 0.5) is 15.8 Å². The lowest BCUT2D eigenvalue weighted by Crippen LogP contribution is -2.27. The van der Waals surface area contributed by atoms with Crippen molar-refractivity contribution in [1.82, 2.24) is 0 Å². The number of ether oxygens (including phenoxy) is 1. The Morgan fingerprint density at radius 2 is 2.22 bits per heavy atom. The summed E-state index contributed by atoms with van der Waals surface area (Å²) in [5.41, 5.74) is -0.430. The Kier molecular flexibility index (Phi) is 4.43. The highest BCUT2D eigenvalue weighted by molar-refractivity contribution is 6.31. The monoisotopic (exact) mass is 276 g/mol. The zero-order chi connectivity index (χ0) is 13.9.